The van der Waals surface area contributed by atoms with E-state index in [9.17, 15) is 9.18 Å². The highest BCUT2D eigenvalue weighted by molar-refractivity contribution is 5.92. The number of carbonyl (C=O) groups is 1. The summed E-state index contributed by atoms with van der Waals surface area (Å²) in [5.41, 5.74) is 0.546. The van der Waals surface area contributed by atoms with Crippen molar-refractivity contribution in [2.24, 2.45) is 5.92 Å². The number of carbonyl (C=O) groups excluding carboxylic acids is 1. The highest BCUT2D eigenvalue weighted by Gasteiger charge is 2.15. The summed E-state index contributed by atoms with van der Waals surface area (Å²) in [6.45, 7) is 4.57. The number of ether oxygens (including phenoxy) is 1. The topological polar surface area (TPSA) is 50.4 Å². The molecule has 1 aliphatic rings. The highest BCUT2D eigenvalue weighted by Crippen LogP contribution is 2.26. The third-order valence-electron chi connectivity index (χ3n) is 3.92. The number of nitrogens with one attached hydrogen (secondary N) is 2. The minimum Gasteiger partial charge on any atom is -0.491 e. The lowest BCUT2D eigenvalue weighted by Gasteiger charge is -2.22. The number of anilines is 1. The van der Waals surface area contributed by atoms with Crippen LogP contribution in [-0.2, 0) is 4.79 Å². The van der Waals surface area contributed by atoms with Gasteiger partial charge in [0.05, 0.1) is 12.3 Å². The molecular formula is C17H25FN2O2. The van der Waals surface area contributed by atoms with Crippen LogP contribution >= 0.6 is 0 Å². The van der Waals surface area contributed by atoms with E-state index in [1.54, 1.807) is 6.07 Å². The molecule has 0 unspecified atom stereocenters. The molecule has 2 rings (SSSR count). The Labute approximate surface area is 131 Å². The van der Waals surface area contributed by atoms with Crippen molar-refractivity contribution in [1.82, 2.24) is 5.32 Å². The number of piperidine rings is 1. The van der Waals surface area contributed by atoms with Crippen LogP contribution in [0.15, 0.2) is 18.2 Å². The van der Waals surface area contributed by atoms with E-state index in [2.05, 4.69) is 10.6 Å². The number of hydrogen-bond acceptors (Lipinski definition) is 3. The van der Waals surface area contributed by atoms with Crippen LogP contribution in [0.1, 0.15) is 39.0 Å². The molecule has 4 nitrogen and oxygen atoms in total. The van der Waals surface area contributed by atoms with Crippen LogP contribution in [0.5, 0.6) is 5.75 Å². The second-order valence-corrected chi connectivity index (χ2v) is 5.77. The molecule has 0 saturated carbocycles. The number of benzene rings is 1. The summed E-state index contributed by atoms with van der Waals surface area (Å²) in [5, 5.41) is 6.16. The number of amides is 1. The van der Waals surface area contributed by atoms with Gasteiger partial charge in [0, 0.05) is 12.5 Å². The van der Waals surface area contributed by atoms with Crippen LogP contribution in [0.3, 0.4) is 0 Å². The van der Waals surface area contributed by atoms with Crippen molar-refractivity contribution in [1.29, 1.82) is 0 Å². The van der Waals surface area contributed by atoms with Crippen LogP contribution in [0.2, 0.25) is 0 Å². The first-order valence-corrected chi connectivity index (χ1v) is 8.12. The van der Waals surface area contributed by atoms with E-state index in [1.807, 2.05) is 6.92 Å². The standard InChI is InChI=1S/C17H25FN2O2/c1-2-11-22-16-12-14(18)4-5-15(16)20-17(21)6-3-13-7-9-19-10-8-13/h4-5,12-13,19H,2-3,6-11H2,1H3,(H,20,21). The molecule has 5 heteroatoms. The van der Waals surface area contributed by atoms with Gasteiger partial charge in [-0.05, 0) is 56.8 Å². The summed E-state index contributed by atoms with van der Waals surface area (Å²) in [6.07, 6.45) is 4.50. The van der Waals surface area contributed by atoms with Gasteiger partial charge in [0.1, 0.15) is 11.6 Å². The van der Waals surface area contributed by atoms with Gasteiger partial charge >= 0.3 is 0 Å². The fourth-order valence-corrected chi connectivity index (χ4v) is 2.65. The van der Waals surface area contributed by atoms with Gasteiger partial charge in [-0.3, -0.25) is 4.79 Å². The minimum absolute atomic E-state index is 0.0357. The molecule has 1 heterocycles. The zero-order chi connectivity index (χ0) is 15.8. The Morgan fingerprint density at radius 2 is 2.18 bits per heavy atom. The van der Waals surface area contributed by atoms with Gasteiger partial charge < -0.3 is 15.4 Å². The van der Waals surface area contributed by atoms with E-state index in [0.29, 0.717) is 30.4 Å². The first kappa shape index (κ1) is 16.7. The highest BCUT2D eigenvalue weighted by atomic mass is 19.1. The van der Waals surface area contributed by atoms with E-state index >= 15 is 0 Å². The molecule has 0 bridgehead atoms. The Bertz CT molecular complexity index is 488. The first-order valence-electron chi connectivity index (χ1n) is 8.12. The SMILES string of the molecule is CCCOc1cc(F)ccc1NC(=O)CCC1CCNCC1. The van der Waals surface area contributed by atoms with Crippen LogP contribution in [0.4, 0.5) is 10.1 Å². The van der Waals surface area contributed by atoms with Crippen molar-refractivity contribution in [2.45, 2.75) is 39.0 Å². The van der Waals surface area contributed by atoms with Crippen molar-refractivity contribution in [3.63, 3.8) is 0 Å². The van der Waals surface area contributed by atoms with Crippen molar-refractivity contribution < 1.29 is 13.9 Å². The number of rotatable bonds is 7. The van der Waals surface area contributed by atoms with Crippen molar-refractivity contribution in [2.75, 3.05) is 25.0 Å². The molecule has 22 heavy (non-hydrogen) atoms. The summed E-state index contributed by atoms with van der Waals surface area (Å²) < 4.78 is 18.8. The fourth-order valence-electron chi connectivity index (χ4n) is 2.65. The lowest BCUT2D eigenvalue weighted by Crippen LogP contribution is -2.28. The molecule has 1 amide bonds. The van der Waals surface area contributed by atoms with Gasteiger partial charge in [-0.2, -0.15) is 0 Å². The largest absolute Gasteiger partial charge is 0.491 e. The maximum atomic E-state index is 13.3. The quantitative estimate of drug-likeness (QED) is 0.812. The van der Waals surface area contributed by atoms with E-state index in [-0.39, 0.29) is 11.7 Å². The molecule has 0 aliphatic carbocycles. The molecule has 2 N–H and O–H groups in total. The van der Waals surface area contributed by atoms with Crippen LogP contribution in [0.25, 0.3) is 0 Å². The molecule has 0 atom stereocenters. The third kappa shape index (κ3) is 5.30. The Morgan fingerprint density at radius 1 is 1.41 bits per heavy atom. The molecule has 0 aromatic heterocycles. The third-order valence-corrected chi connectivity index (χ3v) is 3.92. The Morgan fingerprint density at radius 3 is 2.91 bits per heavy atom. The fraction of sp³-hybridized carbons (Fsp3) is 0.588. The van der Waals surface area contributed by atoms with Gasteiger partial charge in [0.15, 0.2) is 0 Å². The Kier molecular flexibility index (Phi) is 6.65. The van der Waals surface area contributed by atoms with Crippen LogP contribution in [0, 0.1) is 11.7 Å². The molecule has 1 fully saturated rings. The zero-order valence-corrected chi connectivity index (χ0v) is 13.2. The summed E-state index contributed by atoms with van der Waals surface area (Å²) >= 11 is 0. The van der Waals surface area contributed by atoms with Gasteiger partial charge in [-0.15, -0.1) is 0 Å². The molecule has 0 spiro atoms. The smallest absolute Gasteiger partial charge is 0.224 e. The van der Waals surface area contributed by atoms with E-state index < -0.39 is 0 Å². The molecule has 122 valence electrons. The van der Waals surface area contributed by atoms with Crippen molar-refractivity contribution in [3.05, 3.63) is 24.0 Å². The van der Waals surface area contributed by atoms with Crippen LogP contribution in [-0.4, -0.2) is 25.6 Å². The molecule has 1 aromatic carbocycles. The average Bonchev–Trinajstić information content (AvgIpc) is 2.54. The molecule has 1 aromatic rings. The van der Waals surface area contributed by atoms with Gasteiger partial charge in [0.25, 0.3) is 0 Å². The molecular weight excluding hydrogens is 283 g/mol. The lowest BCUT2D eigenvalue weighted by atomic mass is 9.93. The monoisotopic (exact) mass is 308 g/mol. The van der Waals surface area contributed by atoms with E-state index in [1.165, 1.54) is 12.1 Å². The van der Waals surface area contributed by atoms with Crippen molar-refractivity contribution >= 4 is 11.6 Å². The lowest BCUT2D eigenvalue weighted by molar-refractivity contribution is -0.116. The number of hydrogen-bond donors (Lipinski definition) is 2. The molecule has 1 aliphatic heterocycles. The minimum atomic E-state index is -0.362. The van der Waals surface area contributed by atoms with E-state index in [0.717, 1.165) is 38.8 Å². The van der Waals surface area contributed by atoms with Gasteiger partial charge in [0.2, 0.25) is 5.91 Å². The predicted octanol–water partition coefficient (Wildman–Crippen LogP) is 3.33. The van der Waals surface area contributed by atoms with E-state index in [4.69, 9.17) is 4.74 Å². The maximum absolute atomic E-state index is 13.3. The zero-order valence-electron chi connectivity index (χ0n) is 13.2. The summed E-state index contributed by atoms with van der Waals surface area (Å²) in [5.74, 6) is 0.624. The second kappa shape index (κ2) is 8.73. The van der Waals surface area contributed by atoms with Gasteiger partial charge in [-0.25, -0.2) is 4.39 Å². The van der Waals surface area contributed by atoms with Crippen LogP contribution < -0.4 is 15.4 Å². The first-order chi connectivity index (χ1) is 10.7. The maximum Gasteiger partial charge on any atom is 0.224 e. The summed E-state index contributed by atoms with van der Waals surface area (Å²) in [6, 6.07) is 4.21. The molecule has 1 saturated heterocycles. The molecule has 0 radical (unpaired) electrons. The number of halogens is 1. The predicted molar refractivity (Wildman–Crippen MR) is 85.6 cm³/mol. The Hall–Kier alpha value is -1.62. The average molecular weight is 308 g/mol. The second-order valence-electron chi connectivity index (χ2n) is 5.77. The van der Waals surface area contributed by atoms with Gasteiger partial charge in [-0.1, -0.05) is 6.92 Å². The normalized spacial score (nSPS) is 15.5. The summed E-state index contributed by atoms with van der Waals surface area (Å²) in [7, 11) is 0. The Balaban J connectivity index is 1.87. The van der Waals surface area contributed by atoms with Crippen molar-refractivity contribution in [3.8, 4) is 5.75 Å². The summed E-state index contributed by atoms with van der Waals surface area (Å²) in [4.78, 5) is 12.1.